The third kappa shape index (κ3) is 3.02. The number of halogens is 2. The van der Waals surface area contributed by atoms with E-state index in [4.69, 9.17) is 12.6 Å². The molecule has 1 N–H and O–H groups in total. The first-order chi connectivity index (χ1) is 15.3. The Morgan fingerprint density at radius 1 is 1.12 bits per heavy atom. The summed E-state index contributed by atoms with van der Waals surface area (Å²) >= 11 is 12.7. The Morgan fingerprint density at radius 3 is 2.47 bits per heavy atom. The van der Waals surface area contributed by atoms with E-state index >= 15 is 0 Å². The number of hydrogen-bond acceptors (Lipinski definition) is 2. The standard InChI is InChI=1S/C26H28Br2N2OS/c1-5-13(2)8-18-15(4)29-16(11-31)10-17(12-32)30-20-7-6-14(3)9-19(20)22-24(28)23(27)21(18)25(29)26(22)30/h6-9,16-17,31-32H,5,10-12H2,1-4H3/b13-8-. The number of aryl methyl sites for hydroxylation is 1. The predicted octanol–water partition coefficient (Wildman–Crippen LogP) is 8.11. The normalized spacial score (nSPS) is 19.1. The molecule has 0 spiro atoms. The number of nitrogens with zero attached hydrogens (tertiary/aromatic N) is 2. The fourth-order valence-corrected chi connectivity index (χ4v) is 6.99. The smallest absolute Gasteiger partial charge is 0.0754 e. The summed E-state index contributed by atoms with van der Waals surface area (Å²) < 4.78 is 7.06. The average Bonchev–Trinajstić information content (AvgIpc) is 3.20. The maximum atomic E-state index is 10.5. The maximum absolute atomic E-state index is 10.5. The molecule has 32 heavy (non-hydrogen) atoms. The molecular formula is C26H28Br2N2OS. The highest BCUT2D eigenvalue weighted by molar-refractivity contribution is 9.13. The summed E-state index contributed by atoms with van der Waals surface area (Å²) in [5, 5.41) is 14.2. The lowest BCUT2D eigenvalue weighted by molar-refractivity contribution is 0.212. The number of fused-ring (bicyclic) bond motifs is 3. The van der Waals surface area contributed by atoms with Gasteiger partial charge in [-0.3, -0.25) is 0 Å². The number of aliphatic hydroxyl groups is 1. The number of thiol groups is 1. The first-order valence-corrected chi connectivity index (χ1v) is 13.4. The van der Waals surface area contributed by atoms with Gasteiger partial charge in [0, 0.05) is 53.7 Å². The van der Waals surface area contributed by atoms with Gasteiger partial charge in [-0.15, -0.1) is 0 Å². The molecule has 2 atom stereocenters. The topological polar surface area (TPSA) is 30.1 Å². The van der Waals surface area contributed by atoms with Crippen LogP contribution >= 0.6 is 44.5 Å². The molecule has 0 saturated carbocycles. The van der Waals surface area contributed by atoms with Crippen molar-refractivity contribution in [1.29, 1.82) is 0 Å². The van der Waals surface area contributed by atoms with Crippen LogP contribution in [0.15, 0.2) is 32.7 Å². The molecule has 0 amide bonds. The fourth-order valence-electron chi connectivity index (χ4n) is 5.48. The minimum Gasteiger partial charge on any atom is -0.394 e. The number of hydrogen-bond donors (Lipinski definition) is 2. The molecular weight excluding hydrogens is 548 g/mol. The first-order valence-electron chi connectivity index (χ1n) is 11.2. The molecule has 0 bridgehead atoms. The SMILES string of the molecule is CC/C(C)=C\c1c(C)n2c3c1c(Br)c(Br)c1c4cc(C)ccc4n(c13)C(CS)CC2CO. The summed E-state index contributed by atoms with van der Waals surface area (Å²) in [5.74, 6) is 0.726. The maximum Gasteiger partial charge on any atom is 0.0754 e. The van der Waals surface area contributed by atoms with Gasteiger partial charge in [0.25, 0.3) is 0 Å². The van der Waals surface area contributed by atoms with Gasteiger partial charge in [-0.2, -0.15) is 12.6 Å². The van der Waals surface area contributed by atoms with Gasteiger partial charge >= 0.3 is 0 Å². The van der Waals surface area contributed by atoms with Gasteiger partial charge < -0.3 is 14.2 Å². The zero-order chi connectivity index (χ0) is 22.9. The van der Waals surface area contributed by atoms with Crippen molar-refractivity contribution in [3.63, 3.8) is 0 Å². The Bertz CT molecular complexity index is 1430. The van der Waals surface area contributed by atoms with Crippen molar-refractivity contribution < 1.29 is 5.11 Å². The highest BCUT2D eigenvalue weighted by Crippen LogP contribution is 2.51. The van der Waals surface area contributed by atoms with E-state index in [0.717, 1.165) is 27.5 Å². The van der Waals surface area contributed by atoms with Gasteiger partial charge in [0.1, 0.15) is 0 Å². The Balaban J connectivity index is 2.12. The molecule has 0 fully saturated rings. The highest BCUT2D eigenvalue weighted by Gasteiger charge is 2.33. The summed E-state index contributed by atoms with van der Waals surface area (Å²) in [5.41, 5.74) is 8.72. The van der Waals surface area contributed by atoms with Gasteiger partial charge in [-0.1, -0.05) is 30.2 Å². The number of rotatable bonds is 4. The largest absolute Gasteiger partial charge is 0.394 e. The zero-order valence-electron chi connectivity index (χ0n) is 18.8. The second-order valence-electron chi connectivity index (χ2n) is 9.09. The Kier molecular flexibility index (Phi) is 5.80. The minimum absolute atomic E-state index is 0.00964. The van der Waals surface area contributed by atoms with Gasteiger partial charge in [-0.25, -0.2) is 0 Å². The quantitative estimate of drug-likeness (QED) is 0.236. The molecule has 168 valence electrons. The van der Waals surface area contributed by atoms with Crippen LogP contribution in [0.1, 0.15) is 55.6 Å². The van der Waals surface area contributed by atoms with Crippen LogP contribution in [0.2, 0.25) is 0 Å². The molecule has 1 aliphatic heterocycles. The van der Waals surface area contributed by atoms with Gasteiger partial charge in [0.15, 0.2) is 0 Å². The van der Waals surface area contributed by atoms with E-state index in [-0.39, 0.29) is 18.7 Å². The zero-order valence-corrected chi connectivity index (χ0v) is 22.9. The molecule has 0 aliphatic carbocycles. The fraction of sp³-hybridized carbons (Fsp3) is 0.385. The molecule has 2 aromatic carbocycles. The second-order valence-corrected chi connectivity index (χ2v) is 11.0. The number of aromatic nitrogens is 2. The highest BCUT2D eigenvalue weighted by atomic mass is 79.9. The summed E-state index contributed by atoms with van der Waals surface area (Å²) in [6.45, 7) is 8.84. The summed E-state index contributed by atoms with van der Waals surface area (Å²) in [6.07, 6.45) is 4.18. The van der Waals surface area contributed by atoms with E-state index in [1.807, 2.05) is 0 Å². The van der Waals surface area contributed by atoms with Crippen LogP contribution < -0.4 is 0 Å². The Labute approximate surface area is 211 Å². The average molecular weight is 576 g/mol. The Hall–Kier alpha value is -1.21. The van der Waals surface area contributed by atoms with Crippen LogP contribution in [-0.4, -0.2) is 26.6 Å². The van der Waals surface area contributed by atoms with E-state index in [1.165, 1.54) is 55.1 Å². The van der Waals surface area contributed by atoms with Crippen LogP contribution in [-0.2, 0) is 0 Å². The van der Waals surface area contributed by atoms with Crippen LogP contribution in [0.4, 0.5) is 0 Å². The lowest BCUT2D eigenvalue weighted by atomic mass is 10.0. The first kappa shape index (κ1) is 22.6. The van der Waals surface area contributed by atoms with E-state index in [9.17, 15) is 5.11 Å². The van der Waals surface area contributed by atoms with Gasteiger partial charge in [0.2, 0.25) is 0 Å². The molecule has 3 heterocycles. The molecule has 2 unspecified atom stereocenters. The minimum atomic E-state index is 0.00964. The molecule has 2 aromatic heterocycles. The van der Waals surface area contributed by atoms with Crippen molar-refractivity contribution in [3.8, 4) is 0 Å². The monoisotopic (exact) mass is 574 g/mol. The lowest BCUT2D eigenvalue weighted by Crippen LogP contribution is -2.19. The van der Waals surface area contributed by atoms with E-state index in [1.54, 1.807) is 0 Å². The van der Waals surface area contributed by atoms with Crippen molar-refractivity contribution in [3.05, 3.63) is 49.5 Å². The second kappa shape index (κ2) is 8.23. The van der Waals surface area contributed by atoms with Gasteiger partial charge in [0.05, 0.1) is 23.7 Å². The Morgan fingerprint density at radius 2 is 1.81 bits per heavy atom. The molecule has 3 nitrogen and oxygen atoms in total. The van der Waals surface area contributed by atoms with E-state index in [0.29, 0.717) is 0 Å². The van der Waals surface area contributed by atoms with Crippen molar-refractivity contribution in [1.82, 2.24) is 9.13 Å². The van der Waals surface area contributed by atoms with Crippen molar-refractivity contribution in [2.24, 2.45) is 0 Å². The summed E-state index contributed by atoms with van der Waals surface area (Å²) in [4.78, 5) is 0. The third-order valence-electron chi connectivity index (χ3n) is 7.16. The number of allylic oxidation sites excluding steroid dienone is 1. The molecule has 1 aliphatic rings. The van der Waals surface area contributed by atoms with Gasteiger partial charge in [-0.05, 0) is 77.6 Å². The van der Waals surface area contributed by atoms with Crippen LogP contribution in [0.3, 0.4) is 0 Å². The van der Waals surface area contributed by atoms with Crippen molar-refractivity contribution in [2.75, 3.05) is 12.4 Å². The lowest BCUT2D eigenvalue weighted by Gasteiger charge is -2.23. The van der Waals surface area contributed by atoms with Crippen LogP contribution in [0.5, 0.6) is 0 Å². The summed E-state index contributed by atoms with van der Waals surface area (Å²) in [6, 6.07) is 6.94. The van der Waals surface area contributed by atoms with Crippen LogP contribution in [0.25, 0.3) is 38.8 Å². The van der Waals surface area contributed by atoms with E-state index < -0.39 is 0 Å². The number of aliphatic hydroxyl groups excluding tert-OH is 1. The molecule has 4 aromatic rings. The summed E-state index contributed by atoms with van der Waals surface area (Å²) in [7, 11) is 0. The molecule has 5 rings (SSSR count). The van der Waals surface area contributed by atoms with Crippen molar-refractivity contribution in [2.45, 2.75) is 52.6 Å². The predicted molar refractivity (Wildman–Crippen MR) is 147 cm³/mol. The third-order valence-corrected chi connectivity index (χ3v) is 9.70. The molecule has 0 radical (unpaired) electrons. The van der Waals surface area contributed by atoms with Crippen LogP contribution in [0, 0.1) is 13.8 Å². The van der Waals surface area contributed by atoms with Crippen molar-refractivity contribution >= 4 is 83.3 Å². The molecule has 6 heteroatoms. The molecule has 0 saturated heterocycles. The van der Waals surface area contributed by atoms with E-state index in [2.05, 4.69) is 93.0 Å². The number of benzene rings is 2.